The summed E-state index contributed by atoms with van der Waals surface area (Å²) in [4.78, 5) is 9.43. The third kappa shape index (κ3) is 4.10. The zero-order chi connectivity index (χ0) is 13.8. The van der Waals surface area contributed by atoms with Gasteiger partial charge in [0.25, 0.3) is 0 Å². The van der Waals surface area contributed by atoms with E-state index in [2.05, 4.69) is 31.8 Å². The minimum atomic E-state index is 0.202. The van der Waals surface area contributed by atoms with Gasteiger partial charge in [-0.2, -0.15) is 11.8 Å². The van der Waals surface area contributed by atoms with E-state index in [0.717, 1.165) is 30.1 Å². The summed E-state index contributed by atoms with van der Waals surface area (Å²) in [5.74, 6) is 3.44. The lowest BCUT2D eigenvalue weighted by Crippen LogP contribution is -2.24. The number of hydrogen-bond donors (Lipinski definition) is 1. The Morgan fingerprint density at radius 1 is 1.37 bits per heavy atom. The molecule has 0 radical (unpaired) electrons. The average Bonchev–Trinajstić information content (AvgIpc) is 2.38. The molecule has 3 unspecified atom stereocenters. The van der Waals surface area contributed by atoms with Crippen LogP contribution in [0.3, 0.4) is 0 Å². The Kier molecular flexibility index (Phi) is 5.54. The first kappa shape index (κ1) is 15.1. The summed E-state index contributed by atoms with van der Waals surface area (Å²) in [5, 5.41) is 1.02. The second kappa shape index (κ2) is 6.95. The van der Waals surface area contributed by atoms with Gasteiger partial charge in [0.1, 0.15) is 5.82 Å². The maximum Gasteiger partial charge on any atom is 0.142 e. The predicted molar refractivity (Wildman–Crippen MR) is 85.9 cm³/mol. The molecule has 1 fully saturated rings. The Morgan fingerprint density at radius 2 is 2.11 bits per heavy atom. The van der Waals surface area contributed by atoms with Gasteiger partial charge in [-0.25, -0.2) is 9.97 Å². The third-order valence-corrected chi connectivity index (χ3v) is 6.45. The molecular formula is C14H23N3S2. The SMILES string of the molecule is CCC(N)Cc1cc(C)nc(C2SCCSC2C)n1. The molecule has 1 aliphatic heterocycles. The molecule has 1 saturated heterocycles. The highest BCUT2D eigenvalue weighted by Gasteiger charge is 2.27. The van der Waals surface area contributed by atoms with Gasteiger partial charge in [0.15, 0.2) is 0 Å². The summed E-state index contributed by atoms with van der Waals surface area (Å²) < 4.78 is 0. The van der Waals surface area contributed by atoms with Crippen LogP contribution in [-0.2, 0) is 6.42 Å². The van der Waals surface area contributed by atoms with E-state index in [4.69, 9.17) is 10.7 Å². The summed E-state index contributed by atoms with van der Waals surface area (Å²) in [6.07, 6.45) is 1.84. The predicted octanol–water partition coefficient (Wildman–Crippen LogP) is 2.97. The lowest BCUT2D eigenvalue weighted by molar-refractivity contribution is 0.630. The van der Waals surface area contributed by atoms with Crippen LogP contribution in [0.25, 0.3) is 0 Å². The van der Waals surface area contributed by atoms with Crippen LogP contribution in [0.5, 0.6) is 0 Å². The first-order valence-corrected chi connectivity index (χ1v) is 9.03. The third-order valence-electron chi connectivity index (χ3n) is 3.36. The second-order valence-corrected chi connectivity index (χ2v) is 7.83. The number of thioether (sulfide) groups is 2. The molecule has 2 N–H and O–H groups in total. The smallest absolute Gasteiger partial charge is 0.142 e. The Balaban J connectivity index is 2.20. The van der Waals surface area contributed by atoms with Crippen molar-refractivity contribution in [3.05, 3.63) is 23.3 Å². The molecule has 2 rings (SSSR count). The van der Waals surface area contributed by atoms with Crippen molar-refractivity contribution in [2.75, 3.05) is 11.5 Å². The normalized spacial score (nSPS) is 25.3. The van der Waals surface area contributed by atoms with E-state index in [1.807, 2.05) is 23.5 Å². The zero-order valence-electron chi connectivity index (χ0n) is 11.9. The molecule has 106 valence electrons. The number of rotatable bonds is 4. The van der Waals surface area contributed by atoms with Crippen LogP contribution in [-0.4, -0.2) is 32.8 Å². The molecule has 0 amide bonds. The molecule has 5 heteroatoms. The molecule has 1 aromatic heterocycles. The largest absolute Gasteiger partial charge is 0.327 e. The van der Waals surface area contributed by atoms with Crippen molar-refractivity contribution in [1.29, 1.82) is 0 Å². The Morgan fingerprint density at radius 3 is 2.79 bits per heavy atom. The minimum Gasteiger partial charge on any atom is -0.327 e. The Labute approximate surface area is 124 Å². The van der Waals surface area contributed by atoms with Gasteiger partial charge in [0, 0.05) is 40.6 Å². The van der Waals surface area contributed by atoms with Gasteiger partial charge in [-0.3, -0.25) is 0 Å². The second-order valence-electron chi connectivity index (χ2n) is 5.10. The van der Waals surface area contributed by atoms with Crippen LogP contribution in [0.15, 0.2) is 6.07 Å². The minimum absolute atomic E-state index is 0.202. The van der Waals surface area contributed by atoms with Crippen molar-refractivity contribution in [3.8, 4) is 0 Å². The molecule has 3 nitrogen and oxygen atoms in total. The van der Waals surface area contributed by atoms with Gasteiger partial charge in [0.05, 0.1) is 5.25 Å². The number of nitrogens with two attached hydrogens (primary N) is 1. The van der Waals surface area contributed by atoms with E-state index in [1.54, 1.807) is 0 Å². The topological polar surface area (TPSA) is 51.8 Å². The number of nitrogens with zero attached hydrogens (tertiary/aromatic N) is 2. The van der Waals surface area contributed by atoms with Crippen LogP contribution in [0, 0.1) is 6.92 Å². The lowest BCUT2D eigenvalue weighted by Gasteiger charge is -2.27. The molecule has 3 atom stereocenters. The molecule has 19 heavy (non-hydrogen) atoms. The van der Waals surface area contributed by atoms with Gasteiger partial charge in [0.2, 0.25) is 0 Å². The van der Waals surface area contributed by atoms with Crippen LogP contribution in [0.4, 0.5) is 0 Å². The van der Waals surface area contributed by atoms with Crippen molar-refractivity contribution in [2.24, 2.45) is 5.73 Å². The maximum atomic E-state index is 6.04. The monoisotopic (exact) mass is 297 g/mol. The summed E-state index contributed by atoms with van der Waals surface area (Å²) in [6.45, 7) is 6.46. The van der Waals surface area contributed by atoms with Gasteiger partial charge in [-0.1, -0.05) is 13.8 Å². The molecule has 0 spiro atoms. The van der Waals surface area contributed by atoms with Crippen molar-refractivity contribution in [1.82, 2.24) is 9.97 Å². The van der Waals surface area contributed by atoms with E-state index in [-0.39, 0.29) is 6.04 Å². The van der Waals surface area contributed by atoms with E-state index in [1.165, 1.54) is 11.5 Å². The quantitative estimate of drug-likeness (QED) is 0.926. The van der Waals surface area contributed by atoms with Gasteiger partial charge < -0.3 is 5.73 Å². The standard InChI is InChI=1S/C14H23N3S2/c1-4-11(15)8-12-7-9(2)16-14(17-12)13-10(3)18-5-6-19-13/h7,10-11,13H,4-6,8,15H2,1-3H3. The molecule has 0 aromatic carbocycles. The van der Waals surface area contributed by atoms with E-state index in [0.29, 0.717) is 10.5 Å². The zero-order valence-corrected chi connectivity index (χ0v) is 13.6. The van der Waals surface area contributed by atoms with Crippen molar-refractivity contribution >= 4 is 23.5 Å². The average molecular weight is 297 g/mol. The number of aromatic nitrogens is 2. The molecule has 1 aromatic rings. The van der Waals surface area contributed by atoms with E-state index in [9.17, 15) is 0 Å². The lowest BCUT2D eigenvalue weighted by atomic mass is 10.1. The fourth-order valence-electron chi connectivity index (χ4n) is 2.22. The summed E-state index contributed by atoms with van der Waals surface area (Å²) in [7, 11) is 0. The molecule has 0 saturated carbocycles. The number of aryl methyl sites for hydroxylation is 1. The van der Waals surface area contributed by atoms with Crippen LogP contribution in [0.2, 0.25) is 0 Å². The van der Waals surface area contributed by atoms with Gasteiger partial charge in [-0.05, 0) is 19.4 Å². The molecule has 1 aliphatic rings. The maximum absolute atomic E-state index is 6.04. The Hall–Kier alpha value is -0.260. The van der Waals surface area contributed by atoms with Crippen LogP contribution < -0.4 is 5.73 Å². The van der Waals surface area contributed by atoms with E-state index >= 15 is 0 Å². The summed E-state index contributed by atoms with van der Waals surface area (Å²) in [5.41, 5.74) is 8.20. The van der Waals surface area contributed by atoms with Gasteiger partial charge in [-0.15, -0.1) is 11.8 Å². The van der Waals surface area contributed by atoms with Crippen LogP contribution >= 0.6 is 23.5 Å². The molecule has 0 bridgehead atoms. The first-order chi connectivity index (χ1) is 9.10. The van der Waals surface area contributed by atoms with Gasteiger partial charge >= 0.3 is 0 Å². The molecule has 0 aliphatic carbocycles. The molecular weight excluding hydrogens is 274 g/mol. The highest BCUT2D eigenvalue weighted by molar-refractivity contribution is 8.06. The van der Waals surface area contributed by atoms with Crippen LogP contribution in [0.1, 0.15) is 42.7 Å². The summed E-state index contributed by atoms with van der Waals surface area (Å²) in [6, 6.07) is 2.28. The highest BCUT2D eigenvalue weighted by Crippen LogP contribution is 2.41. The fraction of sp³-hybridized carbons (Fsp3) is 0.714. The molecule has 2 heterocycles. The first-order valence-electron chi connectivity index (χ1n) is 6.93. The highest BCUT2D eigenvalue weighted by atomic mass is 32.2. The summed E-state index contributed by atoms with van der Waals surface area (Å²) >= 11 is 4.01. The van der Waals surface area contributed by atoms with Crippen molar-refractivity contribution in [3.63, 3.8) is 0 Å². The van der Waals surface area contributed by atoms with Crippen molar-refractivity contribution in [2.45, 2.75) is 50.2 Å². The fourth-order valence-corrected chi connectivity index (χ4v) is 4.91. The number of hydrogen-bond acceptors (Lipinski definition) is 5. The Bertz CT molecular complexity index is 425. The van der Waals surface area contributed by atoms with Crippen molar-refractivity contribution < 1.29 is 0 Å². The van der Waals surface area contributed by atoms with E-state index < -0.39 is 0 Å².